The zero-order valence-corrected chi connectivity index (χ0v) is 10.4. The second-order valence-corrected chi connectivity index (χ2v) is 5.32. The van der Waals surface area contributed by atoms with E-state index in [-0.39, 0.29) is 29.8 Å². The number of carbonyl (C=O) groups is 2. The molecule has 2 aliphatic rings. The van der Waals surface area contributed by atoms with Crippen molar-refractivity contribution in [2.24, 2.45) is 11.8 Å². The van der Waals surface area contributed by atoms with Gasteiger partial charge < -0.3 is 5.11 Å². The summed E-state index contributed by atoms with van der Waals surface area (Å²) >= 11 is 0. The molecule has 1 aliphatic heterocycles. The molecule has 2 fully saturated rings. The maximum atomic E-state index is 12.0. The number of aliphatic hydroxyl groups excluding tert-OH is 1. The fourth-order valence-corrected chi connectivity index (χ4v) is 2.99. The van der Waals surface area contributed by atoms with E-state index in [4.69, 9.17) is 5.11 Å². The number of imide groups is 1. The Morgan fingerprint density at radius 1 is 1.24 bits per heavy atom. The molecular formula is C13H21NO3. The first-order valence-corrected chi connectivity index (χ1v) is 6.64. The van der Waals surface area contributed by atoms with Gasteiger partial charge in [0.15, 0.2) is 0 Å². The Morgan fingerprint density at radius 3 is 2.35 bits per heavy atom. The predicted octanol–water partition coefficient (Wildman–Crippen LogP) is 1.32. The Balaban J connectivity index is 1.81. The first-order chi connectivity index (χ1) is 8.11. The molecule has 0 bridgehead atoms. The zero-order chi connectivity index (χ0) is 12.4. The van der Waals surface area contributed by atoms with Crippen LogP contribution in [0.4, 0.5) is 0 Å². The van der Waals surface area contributed by atoms with Gasteiger partial charge in [0, 0.05) is 6.54 Å². The van der Waals surface area contributed by atoms with Crippen molar-refractivity contribution < 1.29 is 14.7 Å². The van der Waals surface area contributed by atoms with Crippen molar-refractivity contribution in [1.82, 2.24) is 4.90 Å². The molecule has 1 heterocycles. The highest BCUT2D eigenvalue weighted by molar-refractivity contribution is 6.05. The smallest absolute Gasteiger partial charge is 0.233 e. The minimum Gasteiger partial charge on any atom is -0.393 e. The largest absolute Gasteiger partial charge is 0.393 e. The average molecular weight is 239 g/mol. The number of rotatable bonds is 5. The van der Waals surface area contributed by atoms with Gasteiger partial charge in [-0.2, -0.15) is 0 Å². The maximum Gasteiger partial charge on any atom is 0.233 e. The number of hydrogen-bond acceptors (Lipinski definition) is 3. The van der Waals surface area contributed by atoms with E-state index in [9.17, 15) is 9.59 Å². The van der Waals surface area contributed by atoms with Gasteiger partial charge in [0.25, 0.3) is 0 Å². The van der Waals surface area contributed by atoms with Gasteiger partial charge in [-0.05, 0) is 39.0 Å². The van der Waals surface area contributed by atoms with Crippen LogP contribution in [-0.2, 0) is 9.59 Å². The molecule has 3 atom stereocenters. The number of likely N-dealkylation sites (tertiary alicyclic amines) is 1. The second-order valence-electron chi connectivity index (χ2n) is 5.32. The van der Waals surface area contributed by atoms with Crippen molar-refractivity contribution in [3.8, 4) is 0 Å². The van der Waals surface area contributed by atoms with Crippen LogP contribution in [0.15, 0.2) is 0 Å². The van der Waals surface area contributed by atoms with Crippen LogP contribution in [0.2, 0.25) is 0 Å². The van der Waals surface area contributed by atoms with Crippen LogP contribution in [0.1, 0.15) is 45.4 Å². The lowest BCUT2D eigenvalue weighted by molar-refractivity contribution is -0.140. The topological polar surface area (TPSA) is 57.6 Å². The highest BCUT2D eigenvalue weighted by atomic mass is 16.3. The van der Waals surface area contributed by atoms with Crippen LogP contribution in [0, 0.1) is 11.8 Å². The molecule has 2 rings (SSSR count). The number of unbranched alkanes of at least 4 members (excludes halogenated alkanes) is 1. The Bertz CT molecular complexity index is 292. The van der Waals surface area contributed by atoms with E-state index in [1.165, 1.54) is 4.90 Å². The SMILES string of the molecule is CC(O)CCCCN1C(=O)C2CCCC2C1=O. The van der Waals surface area contributed by atoms with Gasteiger partial charge >= 0.3 is 0 Å². The second kappa shape index (κ2) is 5.17. The molecule has 2 amide bonds. The molecule has 1 aliphatic carbocycles. The van der Waals surface area contributed by atoms with E-state index in [2.05, 4.69) is 0 Å². The Kier molecular flexibility index (Phi) is 3.82. The van der Waals surface area contributed by atoms with Crippen molar-refractivity contribution in [2.45, 2.75) is 51.6 Å². The number of amides is 2. The quantitative estimate of drug-likeness (QED) is 0.581. The number of fused-ring (bicyclic) bond motifs is 1. The minimum absolute atomic E-state index is 0.0146. The fourth-order valence-electron chi connectivity index (χ4n) is 2.99. The van der Waals surface area contributed by atoms with E-state index < -0.39 is 0 Å². The molecule has 3 unspecified atom stereocenters. The number of hydrogen-bond donors (Lipinski definition) is 1. The summed E-state index contributed by atoms with van der Waals surface area (Å²) in [5.74, 6) is 0.0719. The van der Waals surface area contributed by atoms with E-state index >= 15 is 0 Å². The van der Waals surface area contributed by atoms with Crippen LogP contribution >= 0.6 is 0 Å². The van der Waals surface area contributed by atoms with Gasteiger partial charge in [-0.25, -0.2) is 0 Å². The first-order valence-electron chi connectivity index (χ1n) is 6.64. The summed E-state index contributed by atoms with van der Waals surface area (Å²) in [7, 11) is 0. The Hall–Kier alpha value is -0.900. The highest BCUT2D eigenvalue weighted by Crippen LogP contribution is 2.39. The summed E-state index contributed by atoms with van der Waals surface area (Å²) in [6.45, 7) is 2.30. The third kappa shape index (κ3) is 2.51. The van der Waals surface area contributed by atoms with Gasteiger partial charge in [0.2, 0.25) is 11.8 Å². The Morgan fingerprint density at radius 2 is 1.82 bits per heavy atom. The normalized spacial score (nSPS) is 29.9. The summed E-state index contributed by atoms with van der Waals surface area (Å²) in [6.07, 6.45) is 4.91. The maximum absolute atomic E-state index is 12.0. The summed E-state index contributed by atoms with van der Waals surface area (Å²) in [5.41, 5.74) is 0. The van der Waals surface area contributed by atoms with Crippen LogP contribution in [0.25, 0.3) is 0 Å². The van der Waals surface area contributed by atoms with Gasteiger partial charge in [0.1, 0.15) is 0 Å². The van der Waals surface area contributed by atoms with Crippen LogP contribution in [-0.4, -0.2) is 34.5 Å². The Labute approximate surface area is 102 Å². The molecule has 1 saturated carbocycles. The molecule has 4 nitrogen and oxygen atoms in total. The molecule has 17 heavy (non-hydrogen) atoms. The minimum atomic E-state index is -0.292. The average Bonchev–Trinajstić information content (AvgIpc) is 2.82. The third-order valence-electron chi connectivity index (χ3n) is 3.94. The van der Waals surface area contributed by atoms with Gasteiger partial charge in [-0.3, -0.25) is 14.5 Å². The van der Waals surface area contributed by atoms with Crippen molar-refractivity contribution in [2.75, 3.05) is 6.54 Å². The lowest BCUT2D eigenvalue weighted by Gasteiger charge is -2.15. The highest BCUT2D eigenvalue weighted by Gasteiger charge is 2.49. The van der Waals surface area contributed by atoms with Gasteiger partial charge in [0.05, 0.1) is 17.9 Å². The van der Waals surface area contributed by atoms with E-state index in [1.54, 1.807) is 6.92 Å². The molecular weight excluding hydrogens is 218 g/mol. The van der Waals surface area contributed by atoms with E-state index in [1.807, 2.05) is 0 Å². The molecule has 4 heteroatoms. The van der Waals surface area contributed by atoms with E-state index in [0.29, 0.717) is 6.54 Å². The van der Waals surface area contributed by atoms with Crippen molar-refractivity contribution in [3.05, 3.63) is 0 Å². The lowest BCUT2D eigenvalue weighted by atomic mass is 10.00. The third-order valence-corrected chi connectivity index (χ3v) is 3.94. The zero-order valence-electron chi connectivity index (χ0n) is 10.4. The standard InChI is InChI=1S/C13H21NO3/c1-9(15)5-2-3-8-14-12(16)10-6-4-7-11(10)13(14)17/h9-11,15H,2-8H2,1H3. The summed E-state index contributed by atoms with van der Waals surface area (Å²) in [4.78, 5) is 25.4. The molecule has 1 saturated heterocycles. The number of nitrogens with zero attached hydrogens (tertiary/aromatic N) is 1. The molecule has 0 aromatic heterocycles. The van der Waals surface area contributed by atoms with Crippen molar-refractivity contribution >= 4 is 11.8 Å². The summed E-state index contributed by atoms with van der Waals surface area (Å²) in [6, 6.07) is 0. The van der Waals surface area contributed by atoms with Crippen LogP contribution in [0.5, 0.6) is 0 Å². The molecule has 0 radical (unpaired) electrons. The van der Waals surface area contributed by atoms with Gasteiger partial charge in [-0.1, -0.05) is 6.42 Å². The van der Waals surface area contributed by atoms with Gasteiger partial charge in [-0.15, -0.1) is 0 Å². The van der Waals surface area contributed by atoms with Crippen molar-refractivity contribution in [1.29, 1.82) is 0 Å². The van der Waals surface area contributed by atoms with E-state index in [0.717, 1.165) is 38.5 Å². The summed E-state index contributed by atoms with van der Waals surface area (Å²) in [5, 5.41) is 9.13. The lowest BCUT2D eigenvalue weighted by Crippen LogP contribution is -2.32. The molecule has 96 valence electrons. The molecule has 1 N–H and O–H groups in total. The first kappa shape index (κ1) is 12.6. The fraction of sp³-hybridized carbons (Fsp3) is 0.846. The van der Waals surface area contributed by atoms with Crippen LogP contribution in [0.3, 0.4) is 0 Å². The molecule has 0 spiro atoms. The van der Waals surface area contributed by atoms with Crippen LogP contribution < -0.4 is 0 Å². The number of aliphatic hydroxyl groups is 1. The molecule has 0 aromatic rings. The predicted molar refractivity (Wildman–Crippen MR) is 63.1 cm³/mol. The monoisotopic (exact) mass is 239 g/mol. The number of carbonyl (C=O) groups excluding carboxylic acids is 2. The summed E-state index contributed by atoms with van der Waals surface area (Å²) < 4.78 is 0. The van der Waals surface area contributed by atoms with Crippen molar-refractivity contribution in [3.63, 3.8) is 0 Å². The molecule has 0 aromatic carbocycles.